The van der Waals surface area contributed by atoms with Gasteiger partial charge in [-0.2, -0.15) is 0 Å². The number of aromatic nitrogens is 3. The molecular formula is C11H11N3O2. The number of hydrogen-bond donors (Lipinski definition) is 1. The predicted molar refractivity (Wildman–Crippen MR) is 57.7 cm³/mol. The van der Waals surface area contributed by atoms with Crippen LogP contribution in [0.5, 0.6) is 0 Å². The second-order valence-corrected chi connectivity index (χ2v) is 3.33. The molecule has 0 spiro atoms. The molecule has 16 heavy (non-hydrogen) atoms. The lowest BCUT2D eigenvalue weighted by Crippen LogP contribution is -2.06. The minimum atomic E-state index is -0.910. The molecule has 0 atom stereocenters. The van der Waals surface area contributed by atoms with Crippen molar-refractivity contribution in [3.05, 3.63) is 42.0 Å². The summed E-state index contributed by atoms with van der Waals surface area (Å²) in [5.41, 5.74) is 1.93. The van der Waals surface area contributed by atoms with E-state index >= 15 is 0 Å². The van der Waals surface area contributed by atoms with Crippen LogP contribution >= 0.6 is 0 Å². The smallest absolute Gasteiger partial charge is 0.336 e. The highest BCUT2D eigenvalue weighted by Gasteiger charge is 2.13. The summed E-state index contributed by atoms with van der Waals surface area (Å²) in [5.74, 6) is -0.910. The number of carbonyl (C=O) groups is 1. The van der Waals surface area contributed by atoms with E-state index in [1.807, 2.05) is 13.0 Å². The molecule has 0 saturated heterocycles. The van der Waals surface area contributed by atoms with E-state index in [-0.39, 0.29) is 0 Å². The molecule has 1 aromatic carbocycles. The molecule has 0 bridgehead atoms. The average molecular weight is 217 g/mol. The van der Waals surface area contributed by atoms with E-state index in [2.05, 4.69) is 10.2 Å². The zero-order chi connectivity index (χ0) is 11.5. The maximum atomic E-state index is 11.1. The zero-order valence-electron chi connectivity index (χ0n) is 8.79. The summed E-state index contributed by atoms with van der Waals surface area (Å²) in [6, 6.07) is 5.18. The summed E-state index contributed by atoms with van der Waals surface area (Å²) in [6.07, 6.45) is 3.76. The fourth-order valence-electron chi connectivity index (χ4n) is 1.71. The van der Waals surface area contributed by atoms with Crippen molar-refractivity contribution in [2.24, 2.45) is 0 Å². The van der Waals surface area contributed by atoms with Gasteiger partial charge < -0.3 is 5.11 Å². The van der Waals surface area contributed by atoms with Gasteiger partial charge >= 0.3 is 5.97 Å². The van der Waals surface area contributed by atoms with Crippen molar-refractivity contribution in [3.63, 3.8) is 0 Å². The van der Waals surface area contributed by atoms with E-state index < -0.39 is 5.97 Å². The second kappa shape index (κ2) is 4.14. The van der Waals surface area contributed by atoms with Gasteiger partial charge in [0.2, 0.25) is 0 Å². The van der Waals surface area contributed by atoms with Crippen LogP contribution in [0.3, 0.4) is 0 Å². The molecule has 0 fully saturated rings. The topological polar surface area (TPSA) is 68.0 Å². The molecule has 1 N–H and O–H groups in total. The Morgan fingerprint density at radius 3 is 2.62 bits per heavy atom. The standard InChI is InChI=1S/C11H11N3O2/c1-2-8-9(11(15)16)4-3-5-10(8)14-6-12-13-7-14/h3-7H,2H2,1H3,(H,15,16). The molecular weight excluding hydrogens is 206 g/mol. The normalized spacial score (nSPS) is 10.3. The first-order valence-corrected chi connectivity index (χ1v) is 4.94. The number of rotatable bonds is 3. The van der Waals surface area contributed by atoms with Crippen molar-refractivity contribution in [1.29, 1.82) is 0 Å². The van der Waals surface area contributed by atoms with Crippen LogP contribution < -0.4 is 0 Å². The van der Waals surface area contributed by atoms with Crippen LogP contribution in [0.25, 0.3) is 5.69 Å². The molecule has 82 valence electrons. The average Bonchev–Trinajstić information content (AvgIpc) is 2.81. The number of aromatic carboxylic acids is 1. The van der Waals surface area contributed by atoms with Crippen LogP contribution in [-0.4, -0.2) is 25.8 Å². The quantitative estimate of drug-likeness (QED) is 0.846. The lowest BCUT2D eigenvalue weighted by molar-refractivity contribution is 0.0695. The number of nitrogens with zero attached hydrogens (tertiary/aromatic N) is 3. The molecule has 0 radical (unpaired) electrons. The van der Waals surface area contributed by atoms with Gasteiger partial charge in [-0.3, -0.25) is 4.57 Å². The van der Waals surface area contributed by atoms with Gasteiger partial charge in [0.1, 0.15) is 12.7 Å². The first kappa shape index (κ1) is 10.4. The number of carboxylic acids is 1. The maximum absolute atomic E-state index is 11.1. The fourth-order valence-corrected chi connectivity index (χ4v) is 1.71. The molecule has 0 aliphatic carbocycles. The molecule has 0 aliphatic heterocycles. The molecule has 0 unspecified atom stereocenters. The first-order chi connectivity index (χ1) is 7.74. The third-order valence-electron chi connectivity index (χ3n) is 2.43. The highest BCUT2D eigenvalue weighted by molar-refractivity contribution is 5.90. The molecule has 2 aromatic rings. The van der Waals surface area contributed by atoms with Crippen LogP contribution in [0.4, 0.5) is 0 Å². The minimum absolute atomic E-state index is 0.328. The Kier molecular flexibility index (Phi) is 2.68. The van der Waals surface area contributed by atoms with Gasteiger partial charge in [-0.25, -0.2) is 4.79 Å². The van der Waals surface area contributed by atoms with Crippen molar-refractivity contribution in [1.82, 2.24) is 14.8 Å². The molecule has 1 aromatic heterocycles. The van der Waals surface area contributed by atoms with Crippen molar-refractivity contribution >= 4 is 5.97 Å². The molecule has 5 heteroatoms. The summed E-state index contributed by atoms with van der Waals surface area (Å²) in [5, 5.41) is 16.5. The van der Waals surface area contributed by atoms with Crippen LogP contribution in [0.1, 0.15) is 22.8 Å². The molecule has 5 nitrogen and oxygen atoms in total. The highest BCUT2D eigenvalue weighted by Crippen LogP contribution is 2.19. The summed E-state index contributed by atoms with van der Waals surface area (Å²) in [4.78, 5) is 11.1. The van der Waals surface area contributed by atoms with Crippen LogP contribution in [0.15, 0.2) is 30.9 Å². The van der Waals surface area contributed by atoms with Crippen LogP contribution in [-0.2, 0) is 6.42 Å². The summed E-state index contributed by atoms with van der Waals surface area (Å²) >= 11 is 0. The third kappa shape index (κ3) is 1.67. The number of hydrogen-bond acceptors (Lipinski definition) is 3. The number of carboxylic acid groups (broad SMARTS) is 1. The summed E-state index contributed by atoms with van der Waals surface area (Å²) in [6.45, 7) is 1.93. The van der Waals surface area contributed by atoms with Gasteiger partial charge in [0, 0.05) is 0 Å². The fraction of sp³-hybridized carbons (Fsp3) is 0.182. The van der Waals surface area contributed by atoms with Crippen molar-refractivity contribution in [2.75, 3.05) is 0 Å². The van der Waals surface area contributed by atoms with E-state index in [0.717, 1.165) is 11.3 Å². The first-order valence-electron chi connectivity index (χ1n) is 4.94. The third-order valence-corrected chi connectivity index (χ3v) is 2.43. The zero-order valence-corrected chi connectivity index (χ0v) is 8.79. The van der Waals surface area contributed by atoms with E-state index in [1.54, 1.807) is 29.4 Å². The van der Waals surface area contributed by atoms with Gasteiger partial charge in [-0.05, 0) is 24.1 Å². The second-order valence-electron chi connectivity index (χ2n) is 3.33. The lowest BCUT2D eigenvalue weighted by Gasteiger charge is -2.10. The van der Waals surface area contributed by atoms with E-state index in [4.69, 9.17) is 5.11 Å². The molecule has 0 aliphatic rings. The van der Waals surface area contributed by atoms with Gasteiger partial charge in [-0.1, -0.05) is 13.0 Å². The highest BCUT2D eigenvalue weighted by atomic mass is 16.4. The Labute approximate surface area is 92.4 Å². The Bertz CT molecular complexity index is 506. The van der Waals surface area contributed by atoms with E-state index in [9.17, 15) is 4.79 Å². The molecule has 1 heterocycles. The summed E-state index contributed by atoms with van der Waals surface area (Å²) < 4.78 is 1.71. The molecule has 0 saturated carbocycles. The van der Waals surface area contributed by atoms with Gasteiger partial charge in [0.05, 0.1) is 11.3 Å². The number of benzene rings is 1. The van der Waals surface area contributed by atoms with Gasteiger partial charge in [0.15, 0.2) is 0 Å². The predicted octanol–water partition coefficient (Wildman–Crippen LogP) is 1.53. The van der Waals surface area contributed by atoms with Crippen molar-refractivity contribution in [3.8, 4) is 5.69 Å². The SMILES string of the molecule is CCc1c(C(=O)O)cccc1-n1cnnc1. The molecule has 2 rings (SSSR count). The lowest BCUT2D eigenvalue weighted by atomic mass is 10.0. The summed E-state index contributed by atoms with van der Waals surface area (Å²) in [7, 11) is 0. The Morgan fingerprint density at radius 2 is 2.06 bits per heavy atom. The van der Waals surface area contributed by atoms with Crippen molar-refractivity contribution < 1.29 is 9.90 Å². The van der Waals surface area contributed by atoms with Crippen LogP contribution in [0.2, 0.25) is 0 Å². The Balaban J connectivity index is 2.62. The van der Waals surface area contributed by atoms with E-state index in [0.29, 0.717) is 12.0 Å². The largest absolute Gasteiger partial charge is 0.478 e. The molecule has 0 amide bonds. The maximum Gasteiger partial charge on any atom is 0.336 e. The Hall–Kier alpha value is -2.17. The van der Waals surface area contributed by atoms with Gasteiger partial charge in [-0.15, -0.1) is 10.2 Å². The van der Waals surface area contributed by atoms with Crippen molar-refractivity contribution in [2.45, 2.75) is 13.3 Å². The van der Waals surface area contributed by atoms with E-state index in [1.165, 1.54) is 0 Å². The monoisotopic (exact) mass is 217 g/mol. The Morgan fingerprint density at radius 1 is 1.38 bits per heavy atom. The van der Waals surface area contributed by atoms with Gasteiger partial charge in [0.25, 0.3) is 0 Å². The minimum Gasteiger partial charge on any atom is -0.478 e. The van der Waals surface area contributed by atoms with Crippen LogP contribution in [0, 0.1) is 0 Å².